The zero-order chi connectivity index (χ0) is 15.1. The molecule has 0 aliphatic carbocycles. The van der Waals surface area contributed by atoms with Crippen molar-refractivity contribution in [2.75, 3.05) is 6.61 Å². The van der Waals surface area contributed by atoms with Gasteiger partial charge in [-0.15, -0.1) is 0 Å². The summed E-state index contributed by atoms with van der Waals surface area (Å²) in [6.45, 7) is 6.02. The van der Waals surface area contributed by atoms with Crippen molar-refractivity contribution >= 4 is 0 Å². The van der Waals surface area contributed by atoms with E-state index in [2.05, 4.69) is 23.4 Å². The molecule has 0 spiro atoms. The van der Waals surface area contributed by atoms with Crippen LogP contribution in [0.1, 0.15) is 50.5 Å². The lowest BCUT2D eigenvalue weighted by molar-refractivity contribution is 0.309. The van der Waals surface area contributed by atoms with Gasteiger partial charge in [-0.25, -0.2) is 4.98 Å². The number of nitrogens with zero attached hydrogens (tertiary/aromatic N) is 2. The molecular formula is C17H25N3O. The quantitative estimate of drug-likeness (QED) is 0.756. The molecule has 0 saturated carbocycles. The second-order valence-corrected chi connectivity index (χ2v) is 5.23. The number of hydrogen-bond acceptors (Lipinski definition) is 3. The van der Waals surface area contributed by atoms with E-state index in [1.807, 2.05) is 36.7 Å². The number of aromatic nitrogens is 2. The molecule has 0 aliphatic rings. The molecule has 21 heavy (non-hydrogen) atoms. The normalized spacial score (nSPS) is 12.3. The first-order valence-electron chi connectivity index (χ1n) is 7.75. The van der Waals surface area contributed by atoms with E-state index < -0.39 is 0 Å². The molecule has 1 heterocycles. The fraction of sp³-hybridized carbons (Fsp3) is 0.471. The second-order valence-electron chi connectivity index (χ2n) is 5.23. The number of aryl methyl sites for hydroxylation is 1. The third kappa shape index (κ3) is 4.08. The first kappa shape index (κ1) is 15.6. The highest BCUT2D eigenvalue weighted by atomic mass is 16.5. The number of ether oxygens (including phenoxy) is 1. The number of imidazole rings is 1. The van der Waals surface area contributed by atoms with Crippen LogP contribution < -0.4 is 10.5 Å². The maximum absolute atomic E-state index is 6.34. The molecule has 1 aromatic carbocycles. The Bertz CT molecular complexity index is 533. The molecule has 2 rings (SSSR count). The van der Waals surface area contributed by atoms with Gasteiger partial charge in [-0.3, -0.25) is 0 Å². The van der Waals surface area contributed by atoms with E-state index in [0.29, 0.717) is 0 Å². The molecule has 0 bridgehead atoms. The van der Waals surface area contributed by atoms with Gasteiger partial charge in [0.05, 0.1) is 12.6 Å². The topological polar surface area (TPSA) is 53.1 Å². The van der Waals surface area contributed by atoms with E-state index in [9.17, 15) is 0 Å². The first-order valence-corrected chi connectivity index (χ1v) is 7.75. The van der Waals surface area contributed by atoms with Gasteiger partial charge in [-0.1, -0.05) is 32.4 Å². The average molecular weight is 287 g/mol. The summed E-state index contributed by atoms with van der Waals surface area (Å²) in [6, 6.07) is 7.82. The summed E-state index contributed by atoms with van der Waals surface area (Å²) in [6.07, 6.45) is 7.09. The molecule has 0 radical (unpaired) electrons. The summed E-state index contributed by atoms with van der Waals surface area (Å²) in [5, 5.41) is 0. The van der Waals surface area contributed by atoms with E-state index >= 15 is 0 Å². The molecule has 0 saturated heterocycles. The van der Waals surface area contributed by atoms with Crippen LogP contribution in [-0.4, -0.2) is 16.2 Å². The Morgan fingerprint density at radius 2 is 1.95 bits per heavy atom. The molecule has 1 atom stereocenters. The van der Waals surface area contributed by atoms with Crippen molar-refractivity contribution < 1.29 is 4.74 Å². The number of nitrogens with two attached hydrogens (primary N) is 1. The highest BCUT2D eigenvalue weighted by Crippen LogP contribution is 2.21. The van der Waals surface area contributed by atoms with Gasteiger partial charge in [0.2, 0.25) is 0 Å². The van der Waals surface area contributed by atoms with Gasteiger partial charge < -0.3 is 15.0 Å². The zero-order valence-corrected chi connectivity index (χ0v) is 13.0. The molecule has 2 N–H and O–H groups in total. The molecule has 2 aromatic rings. The van der Waals surface area contributed by atoms with Crippen LogP contribution in [0, 0.1) is 0 Å². The lowest BCUT2D eigenvalue weighted by atomic mass is 10.1. The van der Waals surface area contributed by atoms with Crippen LogP contribution in [0.15, 0.2) is 36.7 Å². The van der Waals surface area contributed by atoms with E-state index in [0.717, 1.165) is 49.6 Å². The predicted molar refractivity (Wildman–Crippen MR) is 85.4 cm³/mol. The molecule has 0 fully saturated rings. The maximum atomic E-state index is 6.34. The number of unbranched alkanes of at least 4 members (excludes halogenated alkanes) is 1. The fourth-order valence-electron chi connectivity index (χ4n) is 2.28. The Morgan fingerprint density at radius 3 is 2.62 bits per heavy atom. The van der Waals surface area contributed by atoms with Crippen LogP contribution in [-0.2, 0) is 6.54 Å². The third-order valence-electron chi connectivity index (χ3n) is 3.50. The smallest absolute Gasteiger partial charge is 0.130 e. The molecule has 114 valence electrons. The summed E-state index contributed by atoms with van der Waals surface area (Å²) < 4.78 is 7.79. The van der Waals surface area contributed by atoms with Crippen LogP contribution in [0.4, 0.5) is 0 Å². The standard InChI is InChI=1S/C17H25N3O/c1-3-5-13-21-15-8-6-14(7-9-15)16(18)17-19-10-12-20(17)11-4-2/h6-10,12,16H,3-5,11,13,18H2,1-2H3. The SMILES string of the molecule is CCCCOc1ccc(C(N)c2nccn2CCC)cc1. The molecule has 0 aliphatic heterocycles. The molecule has 4 nitrogen and oxygen atoms in total. The Morgan fingerprint density at radius 1 is 1.19 bits per heavy atom. The van der Waals surface area contributed by atoms with Crippen LogP contribution >= 0.6 is 0 Å². The molecule has 4 heteroatoms. The number of benzene rings is 1. The lowest BCUT2D eigenvalue weighted by Crippen LogP contribution is -2.17. The van der Waals surface area contributed by atoms with Crippen molar-refractivity contribution in [3.05, 3.63) is 48.0 Å². The minimum absolute atomic E-state index is 0.198. The van der Waals surface area contributed by atoms with Crippen LogP contribution in [0.25, 0.3) is 0 Å². The van der Waals surface area contributed by atoms with Gasteiger partial charge in [-0.05, 0) is 30.5 Å². The highest BCUT2D eigenvalue weighted by Gasteiger charge is 2.14. The van der Waals surface area contributed by atoms with E-state index in [1.165, 1.54) is 0 Å². The second kappa shape index (κ2) is 7.84. The predicted octanol–water partition coefficient (Wildman–Crippen LogP) is 3.52. The molecular weight excluding hydrogens is 262 g/mol. The fourth-order valence-corrected chi connectivity index (χ4v) is 2.28. The maximum Gasteiger partial charge on any atom is 0.130 e. The van der Waals surface area contributed by atoms with E-state index in [-0.39, 0.29) is 6.04 Å². The summed E-state index contributed by atoms with van der Waals surface area (Å²) in [5.41, 5.74) is 7.40. The monoisotopic (exact) mass is 287 g/mol. The summed E-state index contributed by atoms with van der Waals surface area (Å²) in [5.74, 6) is 1.81. The average Bonchev–Trinajstić information content (AvgIpc) is 2.96. The van der Waals surface area contributed by atoms with Crippen LogP contribution in [0.5, 0.6) is 5.75 Å². The van der Waals surface area contributed by atoms with Crippen molar-refractivity contribution in [2.45, 2.75) is 45.7 Å². The van der Waals surface area contributed by atoms with E-state index in [1.54, 1.807) is 0 Å². The Balaban J connectivity index is 2.05. The van der Waals surface area contributed by atoms with Crippen molar-refractivity contribution in [1.82, 2.24) is 9.55 Å². The van der Waals surface area contributed by atoms with Gasteiger partial charge in [0.25, 0.3) is 0 Å². The molecule has 1 aromatic heterocycles. The largest absolute Gasteiger partial charge is 0.494 e. The minimum atomic E-state index is -0.198. The van der Waals surface area contributed by atoms with Crippen molar-refractivity contribution in [2.24, 2.45) is 5.73 Å². The van der Waals surface area contributed by atoms with Crippen molar-refractivity contribution in [3.8, 4) is 5.75 Å². The molecule has 1 unspecified atom stereocenters. The van der Waals surface area contributed by atoms with E-state index in [4.69, 9.17) is 10.5 Å². The van der Waals surface area contributed by atoms with Gasteiger partial charge in [0, 0.05) is 18.9 Å². The highest BCUT2D eigenvalue weighted by molar-refractivity contribution is 5.31. The minimum Gasteiger partial charge on any atom is -0.494 e. The van der Waals surface area contributed by atoms with Gasteiger partial charge in [0.1, 0.15) is 11.6 Å². The Kier molecular flexibility index (Phi) is 5.81. The van der Waals surface area contributed by atoms with Crippen molar-refractivity contribution in [1.29, 1.82) is 0 Å². The summed E-state index contributed by atoms with van der Waals surface area (Å²) in [4.78, 5) is 4.40. The number of rotatable bonds is 8. The van der Waals surface area contributed by atoms with Gasteiger partial charge >= 0.3 is 0 Å². The Labute approximate surface area is 127 Å². The molecule has 0 amide bonds. The lowest BCUT2D eigenvalue weighted by Gasteiger charge is -2.14. The van der Waals surface area contributed by atoms with Crippen LogP contribution in [0.3, 0.4) is 0 Å². The van der Waals surface area contributed by atoms with Gasteiger partial charge in [0.15, 0.2) is 0 Å². The zero-order valence-electron chi connectivity index (χ0n) is 13.0. The summed E-state index contributed by atoms with van der Waals surface area (Å²) >= 11 is 0. The Hall–Kier alpha value is -1.81. The summed E-state index contributed by atoms with van der Waals surface area (Å²) in [7, 11) is 0. The van der Waals surface area contributed by atoms with Crippen molar-refractivity contribution in [3.63, 3.8) is 0 Å². The first-order chi connectivity index (χ1) is 10.3. The van der Waals surface area contributed by atoms with Crippen LogP contribution in [0.2, 0.25) is 0 Å². The van der Waals surface area contributed by atoms with Gasteiger partial charge in [-0.2, -0.15) is 0 Å². The number of hydrogen-bond donors (Lipinski definition) is 1. The third-order valence-corrected chi connectivity index (χ3v) is 3.50.